The molecule has 0 unspecified atom stereocenters. The number of carbonyl (C=O) groups excluding carboxylic acids is 1. The number of aliphatic hydroxyl groups excluding tert-OH is 1. The monoisotopic (exact) mass is 361 g/mol. The number of amides is 1. The highest BCUT2D eigenvalue weighted by Crippen LogP contribution is 2.29. The third kappa shape index (κ3) is 4.19. The zero-order chi connectivity index (χ0) is 18.5. The molecule has 0 radical (unpaired) electrons. The summed E-state index contributed by atoms with van der Waals surface area (Å²) in [5.74, 6) is 0.572. The molecule has 0 spiro atoms. The topological polar surface area (TPSA) is 79.0 Å². The standard InChI is InChI=1S/C20H31N3O3/c1-22(20(25)15-6-4-7-16(14-15)26-13-10-21)17-8-5-9-18(19(17)24)23-11-2-3-12-23/h4,6-7,14,17-19,24H,2-3,5,8-13,21H2,1H3/t17-,18-,19-/m1/s1. The largest absolute Gasteiger partial charge is 0.492 e. The molecule has 3 atom stereocenters. The van der Waals surface area contributed by atoms with Gasteiger partial charge < -0.3 is 20.5 Å². The molecule has 1 aromatic carbocycles. The summed E-state index contributed by atoms with van der Waals surface area (Å²) in [6.45, 7) is 2.98. The Kier molecular flexibility index (Phi) is 6.51. The van der Waals surface area contributed by atoms with Gasteiger partial charge in [0.05, 0.1) is 12.1 Å². The smallest absolute Gasteiger partial charge is 0.254 e. The molecule has 0 bridgehead atoms. The molecule has 3 N–H and O–H groups in total. The van der Waals surface area contributed by atoms with E-state index in [1.165, 1.54) is 12.8 Å². The minimum absolute atomic E-state index is 0.0747. The van der Waals surface area contributed by atoms with Gasteiger partial charge in [-0.05, 0) is 63.4 Å². The van der Waals surface area contributed by atoms with Crippen LogP contribution in [-0.4, -0.2) is 72.3 Å². The van der Waals surface area contributed by atoms with Gasteiger partial charge in [0.2, 0.25) is 0 Å². The van der Waals surface area contributed by atoms with Gasteiger partial charge in [0.1, 0.15) is 12.4 Å². The number of nitrogens with zero attached hydrogens (tertiary/aromatic N) is 2. The summed E-state index contributed by atoms with van der Waals surface area (Å²) in [6, 6.07) is 7.21. The molecule has 6 heteroatoms. The molecule has 1 saturated heterocycles. The predicted molar refractivity (Wildman–Crippen MR) is 101 cm³/mol. The highest BCUT2D eigenvalue weighted by molar-refractivity contribution is 5.94. The van der Waals surface area contributed by atoms with Crippen LogP contribution in [0.25, 0.3) is 0 Å². The lowest BCUT2D eigenvalue weighted by molar-refractivity contribution is -0.0242. The summed E-state index contributed by atoms with van der Waals surface area (Å²) < 4.78 is 5.53. The van der Waals surface area contributed by atoms with Crippen molar-refractivity contribution in [2.45, 2.75) is 50.3 Å². The molecular weight excluding hydrogens is 330 g/mol. The SMILES string of the molecule is CN(C(=O)c1cccc(OCCN)c1)[C@@H]1CCC[C@@H](N2CCCC2)[C@@H]1O. The number of likely N-dealkylation sites (tertiary alicyclic amines) is 1. The van der Waals surface area contributed by atoms with Gasteiger partial charge in [-0.25, -0.2) is 0 Å². The van der Waals surface area contributed by atoms with E-state index in [1.807, 2.05) is 12.1 Å². The predicted octanol–water partition coefficient (Wildman–Crippen LogP) is 1.47. The van der Waals surface area contributed by atoms with Crippen LogP contribution >= 0.6 is 0 Å². The minimum atomic E-state index is -0.493. The lowest BCUT2D eigenvalue weighted by atomic mass is 9.86. The van der Waals surface area contributed by atoms with Crippen molar-refractivity contribution < 1.29 is 14.6 Å². The number of nitrogens with two attached hydrogens (primary N) is 1. The van der Waals surface area contributed by atoms with E-state index in [4.69, 9.17) is 10.5 Å². The van der Waals surface area contributed by atoms with Crippen molar-refractivity contribution in [3.05, 3.63) is 29.8 Å². The average molecular weight is 361 g/mol. The van der Waals surface area contributed by atoms with Crippen LogP contribution in [0, 0.1) is 0 Å². The van der Waals surface area contributed by atoms with Gasteiger partial charge in [0.15, 0.2) is 0 Å². The first-order valence-electron chi connectivity index (χ1n) is 9.74. The maximum absolute atomic E-state index is 13.0. The Labute approximate surface area is 155 Å². The molecule has 1 heterocycles. The van der Waals surface area contributed by atoms with Crippen molar-refractivity contribution in [2.24, 2.45) is 5.73 Å². The third-order valence-corrected chi connectivity index (χ3v) is 5.68. The molecule has 1 saturated carbocycles. The van der Waals surface area contributed by atoms with E-state index in [1.54, 1.807) is 24.1 Å². The molecule has 1 amide bonds. The number of rotatable bonds is 6. The third-order valence-electron chi connectivity index (χ3n) is 5.68. The normalized spacial score (nSPS) is 26.7. The Morgan fingerprint density at radius 3 is 2.81 bits per heavy atom. The van der Waals surface area contributed by atoms with Crippen LogP contribution < -0.4 is 10.5 Å². The van der Waals surface area contributed by atoms with Crippen molar-refractivity contribution in [2.75, 3.05) is 33.3 Å². The van der Waals surface area contributed by atoms with E-state index in [0.717, 1.165) is 32.4 Å². The second kappa shape index (κ2) is 8.84. The van der Waals surface area contributed by atoms with Gasteiger partial charge in [0, 0.05) is 25.2 Å². The van der Waals surface area contributed by atoms with Crippen LogP contribution in [0.5, 0.6) is 5.75 Å². The van der Waals surface area contributed by atoms with Crippen LogP contribution in [0.2, 0.25) is 0 Å². The molecule has 144 valence electrons. The second-order valence-corrected chi connectivity index (χ2v) is 7.38. The molecule has 26 heavy (non-hydrogen) atoms. The zero-order valence-corrected chi connectivity index (χ0v) is 15.6. The van der Waals surface area contributed by atoms with Crippen molar-refractivity contribution in [3.8, 4) is 5.75 Å². The van der Waals surface area contributed by atoms with Crippen molar-refractivity contribution >= 4 is 5.91 Å². The Bertz CT molecular complexity index is 604. The van der Waals surface area contributed by atoms with Gasteiger partial charge in [-0.2, -0.15) is 0 Å². The fraction of sp³-hybridized carbons (Fsp3) is 0.650. The molecule has 1 aromatic rings. The number of hydrogen-bond donors (Lipinski definition) is 2. The van der Waals surface area contributed by atoms with Crippen molar-refractivity contribution in [3.63, 3.8) is 0 Å². The zero-order valence-electron chi connectivity index (χ0n) is 15.6. The quantitative estimate of drug-likeness (QED) is 0.802. The van der Waals surface area contributed by atoms with E-state index in [-0.39, 0.29) is 18.0 Å². The van der Waals surface area contributed by atoms with E-state index in [0.29, 0.717) is 24.5 Å². The molecule has 6 nitrogen and oxygen atoms in total. The Morgan fingerprint density at radius 2 is 2.08 bits per heavy atom. The van der Waals surface area contributed by atoms with Crippen LogP contribution in [0.4, 0.5) is 0 Å². The maximum atomic E-state index is 13.0. The lowest BCUT2D eigenvalue weighted by Crippen LogP contribution is -2.56. The highest BCUT2D eigenvalue weighted by Gasteiger charge is 2.39. The van der Waals surface area contributed by atoms with E-state index in [2.05, 4.69) is 4.90 Å². The molecule has 2 aliphatic rings. The molecule has 3 rings (SSSR count). The number of ether oxygens (including phenoxy) is 1. The van der Waals surface area contributed by atoms with Gasteiger partial charge in [-0.3, -0.25) is 9.69 Å². The number of likely N-dealkylation sites (N-methyl/N-ethyl adjacent to an activating group) is 1. The van der Waals surface area contributed by atoms with Gasteiger partial charge in [0.25, 0.3) is 5.91 Å². The van der Waals surface area contributed by atoms with Gasteiger partial charge in [-0.15, -0.1) is 0 Å². The van der Waals surface area contributed by atoms with E-state index < -0.39 is 6.10 Å². The first kappa shape index (κ1) is 19.1. The van der Waals surface area contributed by atoms with Crippen LogP contribution in [0.3, 0.4) is 0 Å². The summed E-state index contributed by atoms with van der Waals surface area (Å²) in [5.41, 5.74) is 6.05. The summed E-state index contributed by atoms with van der Waals surface area (Å²) >= 11 is 0. The van der Waals surface area contributed by atoms with E-state index >= 15 is 0 Å². The van der Waals surface area contributed by atoms with Gasteiger partial charge >= 0.3 is 0 Å². The van der Waals surface area contributed by atoms with Crippen LogP contribution in [0.1, 0.15) is 42.5 Å². The fourth-order valence-electron chi connectivity index (χ4n) is 4.28. The average Bonchev–Trinajstić information content (AvgIpc) is 3.20. The first-order valence-corrected chi connectivity index (χ1v) is 9.74. The van der Waals surface area contributed by atoms with Crippen molar-refractivity contribution in [1.82, 2.24) is 9.80 Å². The lowest BCUT2D eigenvalue weighted by Gasteiger charge is -2.43. The number of hydrogen-bond acceptors (Lipinski definition) is 5. The summed E-state index contributed by atoms with van der Waals surface area (Å²) in [6.07, 6.45) is 4.82. The second-order valence-electron chi connectivity index (χ2n) is 7.38. The number of benzene rings is 1. The van der Waals surface area contributed by atoms with Crippen LogP contribution in [-0.2, 0) is 0 Å². The molecule has 2 fully saturated rings. The summed E-state index contributed by atoms with van der Waals surface area (Å²) in [7, 11) is 1.80. The van der Waals surface area contributed by atoms with Crippen molar-refractivity contribution in [1.29, 1.82) is 0 Å². The number of carbonyl (C=O) groups is 1. The molecule has 0 aromatic heterocycles. The minimum Gasteiger partial charge on any atom is -0.492 e. The fourth-order valence-corrected chi connectivity index (χ4v) is 4.28. The Balaban J connectivity index is 1.69. The molecular formula is C20H31N3O3. The van der Waals surface area contributed by atoms with Crippen LogP contribution in [0.15, 0.2) is 24.3 Å². The Morgan fingerprint density at radius 1 is 1.31 bits per heavy atom. The summed E-state index contributed by atoms with van der Waals surface area (Å²) in [4.78, 5) is 17.1. The number of aliphatic hydroxyl groups is 1. The van der Waals surface area contributed by atoms with Gasteiger partial charge in [-0.1, -0.05) is 6.07 Å². The van der Waals surface area contributed by atoms with E-state index in [9.17, 15) is 9.90 Å². The molecule has 1 aliphatic carbocycles. The summed E-state index contributed by atoms with van der Waals surface area (Å²) in [5, 5.41) is 11.0. The molecule has 1 aliphatic heterocycles. The highest BCUT2D eigenvalue weighted by atomic mass is 16.5. The first-order chi connectivity index (χ1) is 12.6. The Hall–Kier alpha value is -1.63. The maximum Gasteiger partial charge on any atom is 0.254 e.